The molecule has 6 heteroatoms. The number of benzene rings is 10. The van der Waals surface area contributed by atoms with Crippen molar-refractivity contribution < 1.29 is 0 Å². The van der Waals surface area contributed by atoms with E-state index in [1.807, 2.05) is 60.7 Å². The van der Waals surface area contributed by atoms with Crippen LogP contribution < -0.4 is 4.90 Å². The van der Waals surface area contributed by atoms with Gasteiger partial charge in [-0.1, -0.05) is 176 Å². The molecule has 3 aromatic heterocycles. The quantitative estimate of drug-likeness (QED) is 0.145. The fourth-order valence-electron chi connectivity index (χ4n) is 9.95. The topological polar surface area (TPSA) is 51.8 Å². The molecule has 13 rings (SSSR count). The number of fused-ring (bicyclic) bond motifs is 6. The first-order valence-corrected chi connectivity index (χ1v) is 23.3. The van der Waals surface area contributed by atoms with E-state index in [0.717, 1.165) is 78.3 Å². The van der Waals surface area contributed by atoms with Gasteiger partial charge in [-0.25, -0.2) is 15.0 Å². The highest BCUT2D eigenvalue weighted by atomic mass is 15.1. The van der Waals surface area contributed by atoms with Crippen LogP contribution in [-0.2, 0) is 0 Å². The van der Waals surface area contributed by atoms with Crippen LogP contribution in [0.25, 0.3) is 100 Å². The summed E-state index contributed by atoms with van der Waals surface area (Å²) in [6.07, 6.45) is 0. The molecule has 0 aliphatic rings. The summed E-state index contributed by atoms with van der Waals surface area (Å²) in [5.74, 6) is 1.90. The molecule has 0 aliphatic carbocycles. The summed E-state index contributed by atoms with van der Waals surface area (Å²) in [4.78, 5) is 17.3. The van der Waals surface area contributed by atoms with E-state index in [2.05, 4.69) is 208 Å². The third kappa shape index (κ3) is 7.10. The Balaban J connectivity index is 1.00. The van der Waals surface area contributed by atoms with Gasteiger partial charge in [0.1, 0.15) is 0 Å². The lowest BCUT2D eigenvalue weighted by molar-refractivity contribution is 1.07. The molecular weight excluding hydrogens is 841 g/mol. The van der Waals surface area contributed by atoms with Crippen LogP contribution >= 0.6 is 0 Å². The van der Waals surface area contributed by atoms with E-state index >= 15 is 0 Å². The molecule has 0 unspecified atom stereocenters. The maximum Gasteiger partial charge on any atom is 0.164 e. The first kappa shape index (κ1) is 39.9. The second kappa shape index (κ2) is 16.8. The van der Waals surface area contributed by atoms with Crippen LogP contribution in [0.4, 0.5) is 17.1 Å². The predicted molar refractivity (Wildman–Crippen MR) is 285 cm³/mol. The zero-order valence-electron chi connectivity index (χ0n) is 37.4. The average Bonchev–Trinajstić information content (AvgIpc) is 3.95. The number of hydrogen-bond donors (Lipinski definition) is 0. The molecule has 13 aromatic rings. The second-order valence-electron chi connectivity index (χ2n) is 17.3. The van der Waals surface area contributed by atoms with Crippen molar-refractivity contribution in [2.45, 2.75) is 0 Å². The molecule has 0 N–H and O–H groups in total. The summed E-state index contributed by atoms with van der Waals surface area (Å²) in [5.41, 5.74) is 15.0. The highest BCUT2D eigenvalue weighted by molar-refractivity contribution is 6.11. The molecule has 0 aliphatic heterocycles. The molecule has 0 saturated heterocycles. The Morgan fingerprint density at radius 3 is 1.07 bits per heavy atom. The first-order chi connectivity index (χ1) is 34.2. The van der Waals surface area contributed by atoms with Crippen LogP contribution in [0.2, 0.25) is 0 Å². The number of aromatic nitrogens is 5. The van der Waals surface area contributed by atoms with Gasteiger partial charge in [-0.2, -0.15) is 0 Å². The first-order valence-electron chi connectivity index (χ1n) is 23.3. The van der Waals surface area contributed by atoms with Crippen molar-refractivity contribution in [1.29, 1.82) is 0 Å². The Kier molecular flexibility index (Phi) is 9.72. The molecule has 324 valence electrons. The molecule has 0 fully saturated rings. The summed E-state index contributed by atoms with van der Waals surface area (Å²) in [5, 5.41) is 4.80. The monoisotopic (exact) mass is 882 g/mol. The van der Waals surface area contributed by atoms with Crippen molar-refractivity contribution in [3.05, 3.63) is 255 Å². The van der Waals surface area contributed by atoms with Crippen LogP contribution in [0.3, 0.4) is 0 Å². The van der Waals surface area contributed by atoms with Crippen molar-refractivity contribution in [2.24, 2.45) is 0 Å². The Bertz CT molecular complexity index is 3840. The zero-order chi connectivity index (χ0) is 45.7. The van der Waals surface area contributed by atoms with Crippen molar-refractivity contribution >= 4 is 60.7 Å². The summed E-state index contributed by atoms with van der Waals surface area (Å²) >= 11 is 0. The van der Waals surface area contributed by atoms with Gasteiger partial charge >= 0.3 is 0 Å². The van der Waals surface area contributed by atoms with Gasteiger partial charge in [0.05, 0.1) is 22.1 Å². The van der Waals surface area contributed by atoms with Gasteiger partial charge in [0.2, 0.25) is 0 Å². The lowest BCUT2D eigenvalue weighted by Crippen LogP contribution is -2.09. The van der Waals surface area contributed by atoms with E-state index in [-0.39, 0.29) is 0 Å². The molecule has 0 atom stereocenters. The van der Waals surface area contributed by atoms with Crippen LogP contribution in [0.1, 0.15) is 0 Å². The maximum absolute atomic E-state index is 5.03. The summed E-state index contributed by atoms with van der Waals surface area (Å²) in [7, 11) is 0. The van der Waals surface area contributed by atoms with Crippen LogP contribution in [0, 0.1) is 0 Å². The molecule has 0 spiro atoms. The van der Waals surface area contributed by atoms with E-state index in [9.17, 15) is 0 Å². The Hall–Kier alpha value is -9.39. The third-order valence-electron chi connectivity index (χ3n) is 13.1. The van der Waals surface area contributed by atoms with Gasteiger partial charge in [-0.15, -0.1) is 0 Å². The fourth-order valence-corrected chi connectivity index (χ4v) is 9.95. The number of nitrogens with zero attached hydrogens (tertiary/aromatic N) is 6. The van der Waals surface area contributed by atoms with Gasteiger partial charge in [0, 0.05) is 66.7 Å². The lowest BCUT2D eigenvalue weighted by atomic mass is 10.0. The van der Waals surface area contributed by atoms with Crippen LogP contribution in [0.5, 0.6) is 0 Å². The Morgan fingerprint density at radius 2 is 0.609 bits per heavy atom. The Labute approximate surface area is 399 Å². The number of anilines is 3. The minimum absolute atomic E-state index is 0.622. The molecule has 10 aromatic carbocycles. The molecular formula is C63H42N6. The van der Waals surface area contributed by atoms with E-state index in [4.69, 9.17) is 15.0 Å². The number of hydrogen-bond acceptors (Lipinski definition) is 4. The van der Waals surface area contributed by atoms with Crippen molar-refractivity contribution in [3.8, 4) is 56.7 Å². The second-order valence-corrected chi connectivity index (χ2v) is 17.3. The SMILES string of the molecule is c1ccc(-c2nc(-c3ccccc3)nc(-c3ccc(-c4cc(-n5c6ccccc6c6ccccc65)cc(-n5c6ccccc6c6cc(N(c7ccccc7)c7ccccc7)ccc65)c4)cc3)n2)cc1. The lowest BCUT2D eigenvalue weighted by Gasteiger charge is -2.25. The van der Waals surface area contributed by atoms with Gasteiger partial charge in [0.15, 0.2) is 17.5 Å². The highest BCUT2D eigenvalue weighted by Crippen LogP contribution is 2.42. The average molecular weight is 883 g/mol. The van der Waals surface area contributed by atoms with E-state index < -0.39 is 0 Å². The number of rotatable bonds is 9. The van der Waals surface area contributed by atoms with Crippen molar-refractivity contribution in [3.63, 3.8) is 0 Å². The van der Waals surface area contributed by atoms with Crippen molar-refractivity contribution in [2.75, 3.05) is 4.90 Å². The summed E-state index contributed by atoms with van der Waals surface area (Å²) < 4.78 is 4.84. The third-order valence-corrected chi connectivity index (χ3v) is 13.1. The van der Waals surface area contributed by atoms with E-state index in [1.54, 1.807) is 0 Å². The van der Waals surface area contributed by atoms with Crippen LogP contribution in [-0.4, -0.2) is 24.1 Å². The normalized spacial score (nSPS) is 11.5. The van der Waals surface area contributed by atoms with Crippen LogP contribution in [0.15, 0.2) is 255 Å². The highest BCUT2D eigenvalue weighted by Gasteiger charge is 2.20. The minimum Gasteiger partial charge on any atom is -0.310 e. The van der Waals surface area contributed by atoms with E-state index in [1.165, 1.54) is 21.5 Å². The minimum atomic E-state index is 0.622. The fraction of sp³-hybridized carbons (Fsp3) is 0. The predicted octanol–water partition coefficient (Wildman–Crippen LogP) is 16.2. The standard InChI is InChI=1S/C63H42N6/c1-5-19-44(20-6-1)61-64-62(45-21-7-2-8-22-45)66-63(65-61)46-35-33-43(34-36-46)47-39-51(68-57-30-16-13-27-53(57)54-28-14-17-31-58(54)68)41-52(40-47)69-59-32-18-15-29-55(59)56-42-50(37-38-60(56)69)67(48-23-9-3-10-24-48)49-25-11-4-12-26-49/h1-42H. The van der Waals surface area contributed by atoms with Gasteiger partial charge in [-0.3, -0.25) is 0 Å². The molecule has 0 saturated carbocycles. The van der Waals surface area contributed by atoms with Gasteiger partial charge < -0.3 is 14.0 Å². The molecule has 3 heterocycles. The molecule has 0 radical (unpaired) electrons. The Morgan fingerprint density at radius 1 is 0.246 bits per heavy atom. The molecule has 6 nitrogen and oxygen atoms in total. The van der Waals surface area contributed by atoms with E-state index in [0.29, 0.717) is 17.5 Å². The number of para-hydroxylation sites is 5. The molecule has 69 heavy (non-hydrogen) atoms. The summed E-state index contributed by atoms with van der Waals surface area (Å²) in [6, 6.07) is 90.2. The van der Waals surface area contributed by atoms with Gasteiger partial charge in [-0.05, 0) is 90.0 Å². The molecule has 0 bridgehead atoms. The maximum atomic E-state index is 5.03. The summed E-state index contributed by atoms with van der Waals surface area (Å²) in [6.45, 7) is 0. The zero-order valence-corrected chi connectivity index (χ0v) is 37.4. The largest absolute Gasteiger partial charge is 0.310 e. The van der Waals surface area contributed by atoms with Gasteiger partial charge in [0.25, 0.3) is 0 Å². The van der Waals surface area contributed by atoms with Crippen molar-refractivity contribution in [1.82, 2.24) is 24.1 Å². The molecule has 0 amide bonds. The smallest absolute Gasteiger partial charge is 0.164 e.